The summed E-state index contributed by atoms with van der Waals surface area (Å²) in [4.78, 5) is 11.6. The van der Waals surface area contributed by atoms with Gasteiger partial charge in [-0.15, -0.1) is 0 Å². The highest BCUT2D eigenvalue weighted by Crippen LogP contribution is 2.16. The van der Waals surface area contributed by atoms with Crippen molar-refractivity contribution in [3.63, 3.8) is 0 Å². The first-order valence-electron chi connectivity index (χ1n) is 6.74. The zero-order valence-electron chi connectivity index (χ0n) is 11.9. The number of carbonyl (C=O) groups is 1. The maximum absolute atomic E-state index is 11.6. The first-order valence-corrected chi connectivity index (χ1v) is 7.54. The molecule has 0 fully saturated rings. The lowest BCUT2D eigenvalue weighted by molar-refractivity contribution is -0.120. The normalized spacial score (nSPS) is 12.5. The van der Waals surface area contributed by atoms with Crippen molar-refractivity contribution in [1.29, 1.82) is 0 Å². The third-order valence-electron chi connectivity index (χ3n) is 2.98. The number of benzene rings is 1. The molecule has 0 aliphatic heterocycles. The van der Waals surface area contributed by atoms with Crippen molar-refractivity contribution in [2.24, 2.45) is 5.92 Å². The molecular formula is C15H23BrN2O. The van der Waals surface area contributed by atoms with Gasteiger partial charge in [-0.3, -0.25) is 4.79 Å². The standard InChI is InChI=1S/C15H23BrN2O/c1-11(2)8-9-17-15(19)10-18-12(3)13-4-6-14(16)7-5-13/h4-7,11-12,18H,8-10H2,1-3H3,(H,17,19). The predicted molar refractivity (Wildman–Crippen MR) is 83.0 cm³/mol. The van der Waals surface area contributed by atoms with Crippen LogP contribution in [0.2, 0.25) is 0 Å². The third kappa shape index (κ3) is 6.73. The highest BCUT2D eigenvalue weighted by molar-refractivity contribution is 9.10. The van der Waals surface area contributed by atoms with Gasteiger partial charge in [0.15, 0.2) is 0 Å². The fourth-order valence-corrected chi connectivity index (χ4v) is 1.94. The lowest BCUT2D eigenvalue weighted by Gasteiger charge is -2.14. The lowest BCUT2D eigenvalue weighted by Crippen LogP contribution is -2.35. The number of carbonyl (C=O) groups excluding carboxylic acids is 1. The minimum atomic E-state index is 0.0598. The molecule has 3 nitrogen and oxygen atoms in total. The Morgan fingerprint density at radius 1 is 1.21 bits per heavy atom. The van der Waals surface area contributed by atoms with Gasteiger partial charge >= 0.3 is 0 Å². The SMILES string of the molecule is CC(C)CCNC(=O)CNC(C)c1ccc(Br)cc1. The number of nitrogens with one attached hydrogen (secondary N) is 2. The molecule has 1 atom stereocenters. The fourth-order valence-electron chi connectivity index (χ4n) is 1.68. The minimum absolute atomic E-state index is 0.0598. The second-order valence-corrected chi connectivity index (χ2v) is 6.10. The molecule has 0 heterocycles. The van der Waals surface area contributed by atoms with E-state index in [0.29, 0.717) is 12.5 Å². The Morgan fingerprint density at radius 2 is 1.84 bits per heavy atom. The average molecular weight is 327 g/mol. The van der Waals surface area contributed by atoms with Crippen molar-refractivity contribution >= 4 is 21.8 Å². The molecule has 1 amide bonds. The van der Waals surface area contributed by atoms with Crippen molar-refractivity contribution in [3.8, 4) is 0 Å². The molecule has 0 spiro atoms. The van der Waals surface area contributed by atoms with E-state index in [1.807, 2.05) is 12.1 Å². The largest absolute Gasteiger partial charge is 0.355 e. The lowest BCUT2D eigenvalue weighted by atomic mass is 10.1. The van der Waals surface area contributed by atoms with Crippen LogP contribution in [0.5, 0.6) is 0 Å². The molecule has 0 aromatic heterocycles. The van der Waals surface area contributed by atoms with E-state index >= 15 is 0 Å². The molecule has 1 aromatic rings. The smallest absolute Gasteiger partial charge is 0.233 e. The average Bonchev–Trinajstić information content (AvgIpc) is 2.36. The summed E-state index contributed by atoms with van der Waals surface area (Å²) >= 11 is 3.41. The van der Waals surface area contributed by atoms with Gasteiger partial charge in [0.1, 0.15) is 0 Å². The Balaban J connectivity index is 2.27. The van der Waals surface area contributed by atoms with E-state index in [2.05, 4.69) is 59.5 Å². The predicted octanol–water partition coefficient (Wildman–Crippen LogP) is 3.26. The molecule has 106 valence electrons. The van der Waals surface area contributed by atoms with Crippen molar-refractivity contribution in [2.45, 2.75) is 33.2 Å². The van der Waals surface area contributed by atoms with Gasteiger partial charge in [0, 0.05) is 17.1 Å². The van der Waals surface area contributed by atoms with E-state index in [1.54, 1.807) is 0 Å². The van der Waals surface area contributed by atoms with Crippen LogP contribution in [0.25, 0.3) is 0 Å². The summed E-state index contributed by atoms with van der Waals surface area (Å²) in [7, 11) is 0. The molecule has 1 rings (SSSR count). The molecule has 0 bridgehead atoms. The van der Waals surface area contributed by atoms with Crippen molar-refractivity contribution in [2.75, 3.05) is 13.1 Å². The van der Waals surface area contributed by atoms with Crippen LogP contribution in [0.4, 0.5) is 0 Å². The van der Waals surface area contributed by atoms with E-state index in [0.717, 1.165) is 17.4 Å². The second kappa shape index (κ2) is 8.33. The first-order chi connectivity index (χ1) is 8.99. The molecule has 0 saturated carbocycles. The van der Waals surface area contributed by atoms with Gasteiger partial charge in [0.05, 0.1) is 6.54 Å². The van der Waals surface area contributed by atoms with Gasteiger partial charge in [-0.05, 0) is 37.0 Å². The van der Waals surface area contributed by atoms with Crippen LogP contribution in [0.1, 0.15) is 38.8 Å². The minimum Gasteiger partial charge on any atom is -0.355 e. The molecule has 0 aliphatic rings. The molecule has 1 aromatic carbocycles. The quantitative estimate of drug-likeness (QED) is 0.807. The molecule has 0 radical (unpaired) electrons. The van der Waals surface area contributed by atoms with Gasteiger partial charge in [-0.25, -0.2) is 0 Å². The summed E-state index contributed by atoms with van der Waals surface area (Å²) in [6.07, 6.45) is 1.02. The monoisotopic (exact) mass is 326 g/mol. The maximum Gasteiger partial charge on any atom is 0.233 e. The van der Waals surface area contributed by atoms with Crippen molar-refractivity contribution < 1.29 is 4.79 Å². The van der Waals surface area contributed by atoms with Crippen LogP contribution in [0.3, 0.4) is 0 Å². The molecular weight excluding hydrogens is 304 g/mol. The Kier molecular flexibility index (Phi) is 7.10. The van der Waals surface area contributed by atoms with Gasteiger partial charge in [0.2, 0.25) is 5.91 Å². The Morgan fingerprint density at radius 3 is 2.42 bits per heavy atom. The number of halogens is 1. The van der Waals surface area contributed by atoms with E-state index in [1.165, 1.54) is 5.56 Å². The van der Waals surface area contributed by atoms with Gasteiger partial charge in [-0.2, -0.15) is 0 Å². The molecule has 19 heavy (non-hydrogen) atoms. The Bertz CT molecular complexity index is 390. The zero-order chi connectivity index (χ0) is 14.3. The summed E-state index contributed by atoms with van der Waals surface area (Å²) in [5, 5.41) is 6.15. The fraction of sp³-hybridized carbons (Fsp3) is 0.533. The van der Waals surface area contributed by atoms with Crippen LogP contribution in [0, 0.1) is 5.92 Å². The maximum atomic E-state index is 11.6. The summed E-state index contributed by atoms with van der Waals surface area (Å²) in [6, 6.07) is 8.30. The van der Waals surface area contributed by atoms with Crippen LogP contribution in [-0.2, 0) is 4.79 Å². The Labute approximate surface area is 124 Å². The highest BCUT2D eigenvalue weighted by Gasteiger charge is 2.07. The third-order valence-corrected chi connectivity index (χ3v) is 3.51. The van der Waals surface area contributed by atoms with Crippen molar-refractivity contribution in [1.82, 2.24) is 10.6 Å². The van der Waals surface area contributed by atoms with E-state index in [4.69, 9.17) is 0 Å². The van der Waals surface area contributed by atoms with Crippen LogP contribution < -0.4 is 10.6 Å². The van der Waals surface area contributed by atoms with E-state index < -0.39 is 0 Å². The number of amides is 1. The molecule has 1 unspecified atom stereocenters. The molecule has 0 saturated heterocycles. The van der Waals surface area contributed by atoms with Gasteiger partial charge < -0.3 is 10.6 Å². The number of hydrogen-bond acceptors (Lipinski definition) is 2. The summed E-state index contributed by atoms with van der Waals surface area (Å²) in [6.45, 7) is 7.48. The topological polar surface area (TPSA) is 41.1 Å². The molecule has 2 N–H and O–H groups in total. The van der Waals surface area contributed by atoms with Crippen LogP contribution in [-0.4, -0.2) is 19.0 Å². The number of rotatable bonds is 7. The first kappa shape index (κ1) is 16.2. The number of hydrogen-bond donors (Lipinski definition) is 2. The van der Waals surface area contributed by atoms with Crippen molar-refractivity contribution in [3.05, 3.63) is 34.3 Å². The second-order valence-electron chi connectivity index (χ2n) is 5.19. The summed E-state index contributed by atoms with van der Waals surface area (Å²) < 4.78 is 1.06. The van der Waals surface area contributed by atoms with Crippen LogP contribution in [0.15, 0.2) is 28.7 Å². The summed E-state index contributed by atoms with van der Waals surface area (Å²) in [5.41, 5.74) is 1.18. The highest BCUT2D eigenvalue weighted by atomic mass is 79.9. The van der Waals surface area contributed by atoms with E-state index in [-0.39, 0.29) is 11.9 Å². The zero-order valence-corrected chi connectivity index (χ0v) is 13.5. The van der Waals surface area contributed by atoms with E-state index in [9.17, 15) is 4.79 Å². The summed E-state index contributed by atoms with van der Waals surface area (Å²) in [5.74, 6) is 0.680. The van der Waals surface area contributed by atoms with Gasteiger partial charge in [0.25, 0.3) is 0 Å². The van der Waals surface area contributed by atoms with Crippen LogP contribution >= 0.6 is 15.9 Å². The molecule has 0 aliphatic carbocycles. The van der Waals surface area contributed by atoms with Gasteiger partial charge in [-0.1, -0.05) is 41.9 Å². The molecule has 4 heteroatoms. The Hall–Kier alpha value is -0.870.